The molecule has 0 amide bonds. The second kappa shape index (κ2) is 15.2. The van der Waals surface area contributed by atoms with Gasteiger partial charge in [-0.2, -0.15) is 0 Å². The summed E-state index contributed by atoms with van der Waals surface area (Å²) in [6.45, 7) is 8.85. The summed E-state index contributed by atoms with van der Waals surface area (Å²) in [5.74, 6) is -0.293. The maximum absolute atomic E-state index is 11.8. The highest BCUT2D eigenvalue weighted by Gasteiger charge is 2.22. The highest BCUT2D eigenvalue weighted by Crippen LogP contribution is 2.17. The highest BCUT2D eigenvalue weighted by molar-refractivity contribution is 5.69. The fraction of sp³-hybridized carbons (Fsp3) is 0.905. The molecule has 0 aromatic rings. The van der Waals surface area contributed by atoms with Gasteiger partial charge in [0.15, 0.2) is 0 Å². The monoisotopic (exact) mass is 356 g/mol. The first-order valence-corrected chi connectivity index (χ1v) is 10.2. The van der Waals surface area contributed by atoms with Gasteiger partial charge in [-0.1, -0.05) is 79.1 Å². The molecule has 0 aliphatic heterocycles. The highest BCUT2D eigenvalue weighted by atomic mass is 16.5. The topological polar surface area (TPSA) is 52.6 Å². The van der Waals surface area contributed by atoms with E-state index in [0.717, 1.165) is 25.7 Å². The van der Waals surface area contributed by atoms with Crippen LogP contribution < -0.4 is 0 Å². The first kappa shape index (κ1) is 23.9. The Bertz CT molecular complexity index is 318. The van der Waals surface area contributed by atoms with E-state index in [-0.39, 0.29) is 17.4 Å². The molecule has 0 rings (SSSR count). The predicted octanol–water partition coefficient (Wildman–Crippen LogP) is 5.82. The lowest BCUT2D eigenvalue weighted by atomic mass is 9.96. The molecule has 148 valence electrons. The molecule has 0 N–H and O–H groups in total. The number of esters is 2. The Balaban J connectivity index is 3.74. The Hall–Kier alpha value is -1.06. The zero-order valence-corrected chi connectivity index (χ0v) is 17.0. The van der Waals surface area contributed by atoms with E-state index in [1.54, 1.807) is 0 Å². The van der Waals surface area contributed by atoms with Crippen LogP contribution >= 0.6 is 0 Å². The van der Waals surface area contributed by atoms with Gasteiger partial charge in [-0.15, -0.1) is 0 Å². The minimum absolute atomic E-state index is 0.146. The lowest BCUT2D eigenvalue weighted by Gasteiger charge is -2.23. The molecule has 0 radical (unpaired) electrons. The standard InChI is InChI=1S/C21H40O4/c1-5-7-9-11-13-15-19(22)24-17-21(3,4)18-25-20(23)16-14-12-10-8-6-2/h5-18H2,1-4H3. The lowest BCUT2D eigenvalue weighted by Crippen LogP contribution is -2.28. The van der Waals surface area contributed by atoms with Gasteiger partial charge in [0.1, 0.15) is 0 Å². The molecule has 0 unspecified atom stereocenters. The fourth-order valence-electron chi connectivity index (χ4n) is 2.48. The molecule has 0 saturated heterocycles. The number of unbranched alkanes of at least 4 members (excludes halogenated alkanes) is 8. The van der Waals surface area contributed by atoms with E-state index in [4.69, 9.17) is 9.47 Å². The SMILES string of the molecule is CCCCCCCC(=O)OCC(C)(C)COC(=O)CCCCCCC. The van der Waals surface area contributed by atoms with Gasteiger partial charge < -0.3 is 9.47 Å². The molecular formula is C21H40O4. The summed E-state index contributed by atoms with van der Waals surface area (Å²) in [6.07, 6.45) is 12.2. The van der Waals surface area contributed by atoms with Crippen molar-refractivity contribution in [2.75, 3.05) is 13.2 Å². The maximum Gasteiger partial charge on any atom is 0.305 e. The third-order valence-corrected chi connectivity index (χ3v) is 4.22. The molecule has 0 saturated carbocycles. The minimum Gasteiger partial charge on any atom is -0.465 e. The quantitative estimate of drug-likeness (QED) is 0.258. The van der Waals surface area contributed by atoms with Crippen LogP contribution in [0.4, 0.5) is 0 Å². The molecule has 0 aliphatic carbocycles. The van der Waals surface area contributed by atoms with Crippen LogP contribution in [-0.2, 0) is 19.1 Å². The second-order valence-corrected chi connectivity index (χ2v) is 7.81. The molecule has 0 aromatic carbocycles. The van der Waals surface area contributed by atoms with E-state index < -0.39 is 0 Å². The van der Waals surface area contributed by atoms with Crippen molar-refractivity contribution in [1.82, 2.24) is 0 Å². The third kappa shape index (κ3) is 16.2. The van der Waals surface area contributed by atoms with E-state index in [1.807, 2.05) is 13.8 Å². The Kier molecular flexibility index (Phi) is 14.6. The summed E-state index contributed by atoms with van der Waals surface area (Å²) in [6, 6.07) is 0. The summed E-state index contributed by atoms with van der Waals surface area (Å²) in [7, 11) is 0. The minimum atomic E-state index is -0.338. The van der Waals surface area contributed by atoms with Crippen molar-refractivity contribution in [3.05, 3.63) is 0 Å². The predicted molar refractivity (Wildman–Crippen MR) is 102 cm³/mol. The fourth-order valence-corrected chi connectivity index (χ4v) is 2.48. The van der Waals surface area contributed by atoms with Crippen LogP contribution in [0.2, 0.25) is 0 Å². The van der Waals surface area contributed by atoms with Gasteiger partial charge in [0.05, 0.1) is 13.2 Å². The van der Waals surface area contributed by atoms with Crippen molar-refractivity contribution >= 4 is 11.9 Å². The molecule has 0 bridgehead atoms. The molecule has 4 heteroatoms. The number of hydrogen-bond acceptors (Lipinski definition) is 4. The van der Waals surface area contributed by atoms with Crippen molar-refractivity contribution in [2.45, 2.75) is 105 Å². The van der Waals surface area contributed by atoms with Crippen molar-refractivity contribution in [3.8, 4) is 0 Å². The van der Waals surface area contributed by atoms with Gasteiger partial charge in [-0.05, 0) is 12.8 Å². The van der Waals surface area contributed by atoms with E-state index in [9.17, 15) is 9.59 Å². The Morgan fingerprint density at radius 1 is 0.640 bits per heavy atom. The first-order chi connectivity index (χ1) is 11.9. The largest absolute Gasteiger partial charge is 0.465 e. The number of hydrogen-bond donors (Lipinski definition) is 0. The van der Waals surface area contributed by atoms with Crippen LogP contribution in [0.3, 0.4) is 0 Å². The van der Waals surface area contributed by atoms with Crippen LogP contribution in [0.15, 0.2) is 0 Å². The maximum atomic E-state index is 11.8. The van der Waals surface area contributed by atoms with Gasteiger partial charge in [0.25, 0.3) is 0 Å². The van der Waals surface area contributed by atoms with Crippen LogP contribution in [0.1, 0.15) is 105 Å². The number of ether oxygens (including phenoxy) is 2. The van der Waals surface area contributed by atoms with Crippen LogP contribution in [0.5, 0.6) is 0 Å². The van der Waals surface area contributed by atoms with Gasteiger partial charge >= 0.3 is 11.9 Å². The molecule has 0 spiro atoms. The zero-order valence-electron chi connectivity index (χ0n) is 17.0. The summed E-state index contributed by atoms with van der Waals surface area (Å²) in [5.41, 5.74) is -0.338. The molecule has 0 atom stereocenters. The summed E-state index contributed by atoms with van der Waals surface area (Å²) >= 11 is 0. The molecule has 0 fully saturated rings. The van der Waals surface area contributed by atoms with E-state index in [1.165, 1.54) is 38.5 Å². The van der Waals surface area contributed by atoms with Gasteiger partial charge in [0, 0.05) is 18.3 Å². The van der Waals surface area contributed by atoms with Crippen molar-refractivity contribution in [3.63, 3.8) is 0 Å². The van der Waals surface area contributed by atoms with Crippen LogP contribution in [0, 0.1) is 5.41 Å². The molecule has 0 aromatic heterocycles. The molecule has 25 heavy (non-hydrogen) atoms. The smallest absolute Gasteiger partial charge is 0.305 e. The van der Waals surface area contributed by atoms with Gasteiger partial charge in [0.2, 0.25) is 0 Å². The Morgan fingerprint density at radius 3 is 1.36 bits per heavy atom. The average molecular weight is 357 g/mol. The zero-order chi connectivity index (χ0) is 19.0. The second-order valence-electron chi connectivity index (χ2n) is 7.81. The first-order valence-electron chi connectivity index (χ1n) is 10.2. The summed E-state index contributed by atoms with van der Waals surface area (Å²) in [4.78, 5) is 23.5. The van der Waals surface area contributed by atoms with E-state index in [0.29, 0.717) is 26.1 Å². The van der Waals surface area contributed by atoms with E-state index >= 15 is 0 Å². The van der Waals surface area contributed by atoms with Crippen molar-refractivity contribution < 1.29 is 19.1 Å². The Labute approximate surface area is 155 Å². The lowest BCUT2D eigenvalue weighted by molar-refractivity contribution is -0.152. The number of rotatable bonds is 16. The molecule has 0 heterocycles. The molecule has 4 nitrogen and oxygen atoms in total. The van der Waals surface area contributed by atoms with Crippen molar-refractivity contribution in [2.24, 2.45) is 5.41 Å². The normalized spacial score (nSPS) is 11.4. The number of carbonyl (C=O) groups excluding carboxylic acids is 2. The van der Waals surface area contributed by atoms with Gasteiger partial charge in [-0.25, -0.2) is 0 Å². The summed E-state index contributed by atoms with van der Waals surface area (Å²) < 4.78 is 10.7. The van der Waals surface area contributed by atoms with E-state index in [2.05, 4.69) is 13.8 Å². The third-order valence-electron chi connectivity index (χ3n) is 4.22. The summed E-state index contributed by atoms with van der Waals surface area (Å²) in [5, 5.41) is 0. The van der Waals surface area contributed by atoms with Crippen molar-refractivity contribution in [1.29, 1.82) is 0 Å². The van der Waals surface area contributed by atoms with Crippen LogP contribution in [-0.4, -0.2) is 25.2 Å². The Morgan fingerprint density at radius 2 is 1.00 bits per heavy atom. The number of carbonyl (C=O) groups is 2. The van der Waals surface area contributed by atoms with Gasteiger partial charge in [-0.3, -0.25) is 9.59 Å². The molecular weight excluding hydrogens is 316 g/mol. The average Bonchev–Trinajstić information content (AvgIpc) is 2.58. The molecule has 0 aliphatic rings. The van der Waals surface area contributed by atoms with Crippen LogP contribution in [0.25, 0.3) is 0 Å².